The number of benzene rings is 1. The molecule has 4 nitrogen and oxygen atoms in total. The molecule has 1 aliphatic rings. The number of methoxy groups -OCH3 is 1. The second-order valence-corrected chi connectivity index (χ2v) is 5.22. The Bertz CT molecular complexity index is 445. The Morgan fingerprint density at radius 2 is 1.84 bits per heavy atom. The molecule has 1 aromatic rings. The van der Waals surface area contributed by atoms with E-state index in [-0.39, 0.29) is 0 Å². The normalized spacial score (nSPS) is 30.8. The first-order valence-electron chi connectivity index (χ1n) is 6.57. The largest absolute Gasteiger partial charge is 0.481 e. The Labute approximate surface area is 113 Å². The lowest BCUT2D eigenvalue weighted by Gasteiger charge is -2.47. The monoisotopic (exact) mass is 264 g/mol. The molecular weight excluding hydrogens is 244 g/mol. The maximum atomic E-state index is 11.7. The highest BCUT2D eigenvalue weighted by Crippen LogP contribution is 2.47. The van der Waals surface area contributed by atoms with Crippen molar-refractivity contribution in [3.05, 3.63) is 30.3 Å². The summed E-state index contributed by atoms with van der Waals surface area (Å²) in [6.07, 6.45) is 2.93. The Hall–Kier alpha value is -1.55. The lowest BCUT2D eigenvalue weighted by atomic mass is 9.70. The highest BCUT2D eigenvalue weighted by atomic mass is 16.7. The predicted octanol–water partition coefficient (Wildman–Crippen LogP) is 3.07. The molecule has 0 spiro atoms. The van der Waals surface area contributed by atoms with Crippen LogP contribution in [-0.4, -0.2) is 24.0 Å². The third-order valence-corrected chi connectivity index (χ3v) is 4.10. The van der Waals surface area contributed by atoms with Gasteiger partial charge in [-0.3, -0.25) is 4.79 Å². The fraction of sp³-hybridized carbons (Fsp3) is 0.533. The van der Waals surface area contributed by atoms with Crippen LogP contribution in [0.1, 0.15) is 32.6 Å². The van der Waals surface area contributed by atoms with E-state index in [0.29, 0.717) is 18.6 Å². The summed E-state index contributed by atoms with van der Waals surface area (Å²) in [5.74, 6) is -1.33. The van der Waals surface area contributed by atoms with Crippen molar-refractivity contribution in [1.82, 2.24) is 0 Å². The molecule has 2 atom stereocenters. The third kappa shape index (κ3) is 2.32. The van der Waals surface area contributed by atoms with E-state index in [1.54, 1.807) is 6.92 Å². The molecule has 1 aliphatic carbocycles. The molecule has 1 N–H and O–H groups in total. The minimum Gasteiger partial charge on any atom is -0.481 e. The SMILES string of the molecule is COC1(Oc2ccccc2)CCCCC1(C)C(=O)O. The Morgan fingerprint density at radius 1 is 1.21 bits per heavy atom. The molecule has 0 aromatic heterocycles. The van der Waals surface area contributed by atoms with Crippen molar-refractivity contribution >= 4 is 5.97 Å². The van der Waals surface area contributed by atoms with Crippen LogP contribution >= 0.6 is 0 Å². The molecule has 0 radical (unpaired) electrons. The lowest BCUT2D eigenvalue weighted by Crippen LogP contribution is -2.58. The number of ether oxygens (including phenoxy) is 2. The van der Waals surface area contributed by atoms with E-state index < -0.39 is 17.2 Å². The molecule has 0 bridgehead atoms. The summed E-state index contributed by atoms with van der Waals surface area (Å²) in [5.41, 5.74) is -1.03. The van der Waals surface area contributed by atoms with Crippen molar-refractivity contribution in [1.29, 1.82) is 0 Å². The van der Waals surface area contributed by atoms with Crippen molar-refractivity contribution in [3.8, 4) is 5.75 Å². The van der Waals surface area contributed by atoms with Gasteiger partial charge in [-0.1, -0.05) is 24.6 Å². The van der Waals surface area contributed by atoms with Gasteiger partial charge >= 0.3 is 5.97 Å². The number of carbonyl (C=O) groups is 1. The first-order chi connectivity index (χ1) is 9.04. The first kappa shape index (κ1) is 13.9. The number of carboxylic acids is 1. The molecule has 19 heavy (non-hydrogen) atoms. The molecule has 1 fully saturated rings. The zero-order valence-electron chi connectivity index (χ0n) is 11.4. The smallest absolute Gasteiger partial charge is 0.316 e. The van der Waals surface area contributed by atoms with Gasteiger partial charge in [0, 0.05) is 13.5 Å². The highest BCUT2D eigenvalue weighted by Gasteiger charge is 2.57. The van der Waals surface area contributed by atoms with Gasteiger partial charge in [-0.15, -0.1) is 0 Å². The summed E-state index contributed by atoms with van der Waals surface area (Å²) in [7, 11) is 1.52. The summed E-state index contributed by atoms with van der Waals surface area (Å²) in [6, 6.07) is 9.25. The van der Waals surface area contributed by atoms with Gasteiger partial charge in [-0.05, 0) is 31.9 Å². The van der Waals surface area contributed by atoms with Crippen molar-refractivity contribution in [2.75, 3.05) is 7.11 Å². The molecule has 2 rings (SSSR count). The van der Waals surface area contributed by atoms with Gasteiger partial charge in [0.25, 0.3) is 0 Å². The number of carboxylic acid groups (broad SMARTS) is 1. The molecule has 0 aliphatic heterocycles. The molecule has 104 valence electrons. The van der Waals surface area contributed by atoms with E-state index in [0.717, 1.165) is 12.8 Å². The van der Waals surface area contributed by atoms with E-state index in [1.165, 1.54) is 7.11 Å². The van der Waals surface area contributed by atoms with Crippen LogP contribution in [0.5, 0.6) is 5.75 Å². The fourth-order valence-corrected chi connectivity index (χ4v) is 2.78. The minimum absolute atomic E-state index is 0.559. The quantitative estimate of drug-likeness (QED) is 0.849. The zero-order valence-corrected chi connectivity index (χ0v) is 11.4. The van der Waals surface area contributed by atoms with Gasteiger partial charge in [0.15, 0.2) is 0 Å². The number of hydrogen-bond donors (Lipinski definition) is 1. The topological polar surface area (TPSA) is 55.8 Å². The van der Waals surface area contributed by atoms with Crippen LogP contribution in [0.15, 0.2) is 30.3 Å². The summed E-state index contributed by atoms with van der Waals surface area (Å²) in [6.45, 7) is 1.71. The average Bonchev–Trinajstić information content (AvgIpc) is 2.42. The highest BCUT2D eigenvalue weighted by molar-refractivity contribution is 5.75. The minimum atomic E-state index is -1.10. The Balaban J connectivity index is 2.36. The van der Waals surface area contributed by atoms with E-state index in [4.69, 9.17) is 9.47 Å². The van der Waals surface area contributed by atoms with Crippen LogP contribution in [0.4, 0.5) is 0 Å². The average molecular weight is 264 g/mol. The van der Waals surface area contributed by atoms with Crippen LogP contribution in [0.25, 0.3) is 0 Å². The first-order valence-corrected chi connectivity index (χ1v) is 6.57. The van der Waals surface area contributed by atoms with Gasteiger partial charge in [-0.2, -0.15) is 0 Å². The zero-order chi connectivity index (χ0) is 13.9. The second-order valence-electron chi connectivity index (χ2n) is 5.22. The molecule has 0 amide bonds. The molecule has 0 heterocycles. The van der Waals surface area contributed by atoms with Crippen LogP contribution in [0.2, 0.25) is 0 Å². The van der Waals surface area contributed by atoms with E-state index >= 15 is 0 Å². The molecule has 1 saturated carbocycles. The maximum absolute atomic E-state index is 11.7. The fourth-order valence-electron chi connectivity index (χ4n) is 2.78. The molecule has 4 heteroatoms. The Kier molecular flexibility index (Phi) is 3.80. The standard InChI is InChI=1S/C15H20O4/c1-14(13(16)17)10-6-7-11-15(14,18-2)19-12-8-4-3-5-9-12/h3-5,8-9H,6-7,10-11H2,1-2H3,(H,16,17). The van der Waals surface area contributed by atoms with Gasteiger partial charge in [-0.25, -0.2) is 0 Å². The molecular formula is C15H20O4. The molecule has 0 saturated heterocycles. The second kappa shape index (κ2) is 5.21. The number of hydrogen-bond acceptors (Lipinski definition) is 3. The van der Waals surface area contributed by atoms with Crippen molar-refractivity contribution < 1.29 is 19.4 Å². The third-order valence-electron chi connectivity index (χ3n) is 4.10. The van der Waals surface area contributed by atoms with Gasteiger partial charge in [0.05, 0.1) is 0 Å². The van der Waals surface area contributed by atoms with E-state index in [9.17, 15) is 9.90 Å². The van der Waals surface area contributed by atoms with Crippen molar-refractivity contribution in [3.63, 3.8) is 0 Å². The summed E-state index contributed by atoms with van der Waals surface area (Å²) in [5, 5.41) is 9.58. The summed E-state index contributed by atoms with van der Waals surface area (Å²) >= 11 is 0. The Morgan fingerprint density at radius 3 is 2.42 bits per heavy atom. The summed E-state index contributed by atoms with van der Waals surface area (Å²) < 4.78 is 11.5. The maximum Gasteiger partial charge on any atom is 0.316 e. The van der Waals surface area contributed by atoms with Gasteiger partial charge in [0.2, 0.25) is 5.79 Å². The van der Waals surface area contributed by atoms with E-state index in [2.05, 4.69) is 0 Å². The van der Waals surface area contributed by atoms with Crippen LogP contribution in [0.3, 0.4) is 0 Å². The molecule has 1 aromatic carbocycles. The van der Waals surface area contributed by atoms with Crippen LogP contribution in [0, 0.1) is 5.41 Å². The number of rotatable bonds is 4. The lowest BCUT2D eigenvalue weighted by molar-refractivity contribution is -0.255. The summed E-state index contributed by atoms with van der Waals surface area (Å²) in [4.78, 5) is 11.7. The van der Waals surface area contributed by atoms with Gasteiger partial charge in [0.1, 0.15) is 11.2 Å². The number of para-hydroxylation sites is 1. The molecule has 2 unspecified atom stereocenters. The number of aliphatic carboxylic acids is 1. The van der Waals surface area contributed by atoms with Crippen LogP contribution < -0.4 is 4.74 Å². The van der Waals surface area contributed by atoms with Crippen molar-refractivity contribution in [2.45, 2.75) is 38.4 Å². The van der Waals surface area contributed by atoms with E-state index in [1.807, 2.05) is 30.3 Å². The van der Waals surface area contributed by atoms with Crippen LogP contribution in [-0.2, 0) is 9.53 Å². The van der Waals surface area contributed by atoms with Gasteiger partial charge < -0.3 is 14.6 Å². The predicted molar refractivity (Wildman–Crippen MR) is 71.0 cm³/mol. The van der Waals surface area contributed by atoms with Crippen molar-refractivity contribution in [2.24, 2.45) is 5.41 Å².